The smallest absolute Gasteiger partial charge is 0.189 e. The fourth-order valence-electron chi connectivity index (χ4n) is 1.98. The zero-order chi connectivity index (χ0) is 10.5. The van der Waals surface area contributed by atoms with Crippen molar-refractivity contribution in [3.8, 4) is 6.07 Å². The summed E-state index contributed by atoms with van der Waals surface area (Å²) < 4.78 is 0. The van der Waals surface area contributed by atoms with E-state index < -0.39 is 0 Å². The van der Waals surface area contributed by atoms with E-state index in [2.05, 4.69) is 21.3 Å². The van der Waals surface area contributed by atoms with E-state index in [1.807, 2.05) is 0 Å². The second-order valence-electron chi connectivity index (χ2n) is 3.80. The molecule has 4 nitrogen and oxygen atoms in total. The zero-order valence-electron chi connectivity index (χ0n) is 8.57. The van der Waals surface area contributed by atoms with Crippen molar-refractivity contribution in [1.29, 1.82) is 5.26 Å². The molecular formula is C10H14N4S. The van der Waals surface area contributed by atoms with Gasteiger partial charge in [0.2, 0.25) is 0 Å². The van der Waals surface area contributed by atoms with Gasteiger partial charge in [0, 0.05) is 5.92 Å². The average molecular weight is 222 g/mol. The summed E-state index contributed by atoms with van der Waals surface area (Å²) in [7, 11) is 0. The second-order valence-corrected chi connectivity index (χ2v) is 4.76. The van der Waals surface area contributed by atoms with Gasteiger partial charge in [-0.15, -0.1) is 10.2 Å². The molecule has 0 aliphatic heterocycles. The highest BCUT2D eigenvalue weighted by Gasteiger charge is 2.18. The lowest BCUT2D eigenvalue weighted by molar-refractivity contribution is 0.429. The SMILES string of the molecule is N#CCSc1nnc(C2CCCCC2)[nH]1. The van der Waals surface area contributed by atoms with Crippen molar-refractivity contribution >= 4 is 11.8 Å². The number of nitrogens with zero attached hydrogens (tertiary/aromatic N) is 3. The lowest BCUT2D eigenvalue weighted by Gasteiger charge is -2.18. The van der Waals surface area contributed by atoms with E-state index in [0.29, 0.717) is 11.7 Å². The number of aromatic amines is 1. The highest BCUT2D eigenvalue weighted by Crippen LogP contribution is 2.31. The molecule has 0 amide bonds. The number of rotatable bonds is 3. The van der Waals surface area contributed by atoms with Crippen LogP contribution < -0.4 is 0 Å². The second kappa shape index (κ2) is 5.17. The number of nitriles is 1. The van der Waals surface area contributed by atoms with E-state index in [-0.39, 0.29) is 0 Å². The molecule has 0 spiro atoms. The van der Waals surface area contributed by atoms with Gasteiger partial charge in [0.15, 0.2) is 5.16 Å². The number of nitrogens with one attached hydrogen (secondary N) is 1. The Balaban J connectivity index is 1.96. The molecule has 0 bridgehead atoms. The summed E-state index contributed by atoms with van der Waals surface area (Å²) in [4.78, 5) is 3.21. The largest absolute Gasteiger partial charge is 0.320 e. The molecule has 1 heterocycles. The van der Waals surface area contributed by atoms with E-state index in [1.54, 1.807) is 0 Å². The molecule has 0 aromatic carbocycles. The minimum absolute atomic E-state index is 0.430. The van der Waals surface area contributed by atoms with Crippen molar-refractivity contribution in [2.45, 2.75) is 43.2 Å². The van der Waals surface area contributed by atoms with E-state index in [9.17, 15) is 0 Å². The molecule has 2 rings (SSSR count). The Hall–Kier alpha value is -1.02. The third kappa shape index (κ3) is 2.72. The number of thioether (sulfide) groups is 1. The van der Waals surface area contributed by atoms with Gasteiger partial charge in [-0.1, -0.05) is 31.0 Å². The van der Waals surface area contributed by atoms with Gasteiger partial charge < -0.3 is 4.98 Å². The first-order valence-electron chi connectivity index (χ1n) is 5.32. The predicted octanol–water partition coefficient (Wildman–Crippen LogP) is 2.47. The van der Waals surface area contributed by atoms with Crippen molar-refractivity contribution in [3.05, 3.63) is 5.82 Å². The molecule has 1 saturated carbocycles. The minimum Gasteiger partial charge on any atom is -0.320 e. The molecule has 1 fully saturated rings. The number of hydrogen-bond acceptors (Lipinski definition) is 4. The fourth-order valence-corrected chi connectivity index (χ4v) is 2.46. The van der Waals surface area contributed by atoms with Gasteiger partial charge in [-0.05, 0) is 12.8 Å². The Labute approximate surface area is 93.5 Å². The van der Waals surface area contributed by atoms with Crippen molar-refractivity contribution in [2.75, 3.05) is 5.75 Å². The normalized spacial score (nSPS) is 17.5. The molecule has 0 saturated heterocycles. The monoisotopic (exact) mass is 222 g/mol. The maximum atomic E-state index is 8.45. The van der Waals surface area contributed by atoms with Gasteiger partial charge in [-0.3, -0.25) is 0 Å². The summed E-state index contributed by atoms with van der Waals surface area (Å²) in [6.07, 6.45) is 6.38. The molecule has 0 radical (unpaired) electrons. The van der Waals surface area contributed by atoms with E-state index >= 15 is 0 Å². The molecule has 5 heteroatoms. The first-order valence-corrected chi connectivity index (χ1v) is 6.31. The van der Waals surface area contributed by atoms with Crippen LogP contribution in [-0.4, -0.2) is 20.9 Å². The van der Waals surface area contributed by atoms with Gasteiger partial charge in [-0.2, -0.15) is 5.26 Å². The Bertz CT molecular complexity index is 349. The van der Waals surface area contributed by atoms with Crippen molar-refractivity contribution in [1.82, 2.24) is 15.2 Å². The molecule has 1 aromatic rings. The van der Waals surface area contributed by atoms with Crippen LogP contribution >= 0.6 is 11.8 Å². The highest BCUT2D eigenvalue weighted by atomic mass is 32.2. The Kier molecular flexibility index (Phi) is 3.62. The number of H-pyrrole nitrogens is 1. The number of aromatic nitrogens is 3. The maximum absolute atomic E-state index is 8.45. The van der Waals surface area contributed by atoms with Crippen LogP contribution in [0.15, 0.2) is 5.16 Å². The van der Waals surface area contributed by atoms with Crippen LogP contribution in [0.4, 0.5) is 0 Å². The molecule has 1 aliphatic rings. The predicted molar refractivity (Wildman–Crippen MR) is 58.5 cm³/mol. The third-order valence-electron chi connectivity index (χ3n) is 2.75. The van der Waals surface area contributed by atoms with Crippen LogP contribution in [0.2, 0.25) is 0 Å². The maximum Gasteiger partial charge on any atom is 0.189 e. The molecule has 1 aliphatic carbocycles. The van der Waals surface area contributed by atoms with E-state index in [1.165, 1.54) is 43.9 Å². The Morgan fingerprint density at radius 2 is 2.13 bits per heavy atom. The van der Waals surface area contributed by atoms with Gasteiger partial charge in [0.05, 0.1) is 11.8 Å². The van der Waals surface area contributed by atoms with Crippen molar-refractivity contribution < 1.29 is 0 Å². The standard InChI is InChI=1S/C10H14N4S/c11-6-7-15-10-12-9(13-14-10)8-4-2-1-3-5-8/h8H,1-5,7H2,(H,12,13,14). The lowest BCUT2D eigenvalue weighted by Crippen LogP contribution is -2.06. The topological polar surface area (TPSA) is 65.4 Å². The van der Waals surface area contributed by atoms with Gasteiger partial charge in [0.1, 0.15) is 5.82 Å². The fraction of sp³-hybridized carbons (Fsp3) is 0.700. The summed E-state index contributed by atoms with van der Waals surface area (Å²) in [6.45, 7) is 0. The van der Waals surface area contributed by atoms with Crippen LogP contribution in [0.25, 0.3) is 0 Å². The van der Waals surface area contributed by atoms with Crippen LogP contribution in [0.5, 0.6) is 0 Å². The van der Waals surface area contributed by atoms with E-state index in [4.69, 9.17) is 5.26 Å². The van der Waals surface area contributed by atoms with Gasteiger partial charge in [0.25, 0.3) is 0 Å². The molecule has 1 aromatic heterocycles. The molecular weight excluding hydrogens is 208 g/mol. The minimum atomic E-state index is 0.430. The van der Waals surface area contributed by atoms with Gasteiger partial charge >= 0.3 is 0 Å². The lowest BCUT2D eigenvalue weighted by atomic mass is 9.89. The van der Waals surface area contributed by atoms with Crippen molar-refractivity contribution in [2.24, 2.45) is 0 Å². The average Bonchev–Trinajstić information content (AvgIpc) is 2.76. The quantitative estimate of drug-likeness (QED) is 0.798. The zero-order valence-corrected chi connectivity index (χ0v) is 9.39. The van der Waals surface area contributed by atoms with Crippen LogP contribution in [0.1, 0.15) is 43.8 Å². The number of hydrogen-bond donors (Lipinski definition) is 1. The molecule has 1 N–H and O–H groups in total. The summed E-state index contributed by atoms with van der Waals surface area (Å²) in [5.41, 5.74) is 0. The first-order chi connectivity index (χ1) is 7.40. The molecule has 0 atom stereocenters. The first kappa shape index (κ1) is 10.5. The highest BCUT2D eigenvalue weighted by molar-refractivity contribution is 7.99. The van der Waals surface area contributed by atoms with Crippen LogP contribution in [-0.2, 0) is 0 Å². The van der Waals surface area contributed by atoms with Crippen LogP contribution in [0.3, 0.4) is 0 Å². The van der Waals surface area contributed by atoms with Gasteiger partial charge in [-0.25, -0.2) is 0 Å². The summed E-state index contributed by atoms with van der Waals surface area (Å²) in [6, 6.07) is 2.08. The summed E-state index contributed by atoms with van der Waals surface area (Å²) >= 11 is 1.41. The van der Waals surface area contributed by atoms with Crippen molar-refractivity contribution in [3.63, 3.8) is 0 Å². The molecule has 0 unspecified atom stereocenters. The van der Waals surface area contributed by atoms with E-state index in [0.717, 1.165) is 11.0 Å². The molecule has 15 heavy (non-hydrogen) atoms. The summed E-state index contributed by atoms with van der Waals surface area (Å²) in [5, 5.41) is 17.4. The van der Waals surface area contributed by atoms with Crippen LogP contribution in [0, 0.1) is 11.3 Å². The third-order valence-corrected chi connectivity index (χ3v) is 3.48. The summed E-state index contributed by atoms with van der Waals surface area (Å²) in [5.74, 6) is 2.00. The Morgan fingerprint density at radius 3 is 2.87 bits per heavy atom. The Morgan fingerprint density at radius 1 is 1.33 bits per heavy atom. The molecule has 80 valence electrons.